The number of aromatic nitrogens is 2. The monoisotopic (exact) mass is 342 g/mol. The minimum absolute atomic E-state index is 0.0568. The summed E-state index contributed by atoms with van der Waals surface area (Å²) in [5, 5.41) is 4.17. The number of rotatable bonds is 5. The van der Waals surface area contributed by atoms with Gasteiger partial charge in [0.15, 0.2) is 0 Å². The van der Waals surface area contributed by atoms with Crippen molar-refractivity contribution in [3.05, 3.63) is 47.3 Å². The third-order valence-corrected chi connectivity index (χ3v) is 4.26. The van der Waals surface area contributed by atoms with Crippen molar-refractivity contribution < 1.29 is 14.3 Å². The number of aryl methyl sites for hydroxylation is 2. The van der Waals surface area contributed by atoms with Gasteiger partial charge in [-0.2, -0.15) is 5.10 Å². The van der Waals surface area contributed by atoms with Crippen LogP contribution < -0.4 is 10.5 Å². The summed E-state index contributed by atoms with van der Waals surface area (Å²) < 4.78 is 7.50. The zero-order valence-corrected chi connectivity index (χ0v) is 14.3. The van der Waals surface area contributed by atoms with Crippen LogP contribution in [0, 0.1) is 0 Å². The Hall–Kier alpha value is -2.83. The Balaban J connectivity index is 1.78. The molecule has 0 saturated heterocycles. The smallest absolute Gasteiger partial charge is 0.257 e. The fourth-order valence-electron chi connectivity index (χ4n) is 2.87. The lowest BCUT2D eigenvalue weighted by atomic mass is 10.0. The van der Waals surface area contributed by atoms with Gasteiger partial charge < -0.3 is 15.4 Å². The predicted molar refractivity (Wildman–Crippen MR) is 92.1 cm³/mol. The van der Waals surface area contributed by atoms with E-state index < -0.39 is 0 Å². The van der Waals surface area contributed by atoms with Crippen LogP contribution in [-0.2, 0) is 24.3 Å². The van der Waals surface area contributed by atoms with E-state index in [4.69, 9.17) is 10.5 Å². The first-order valence-corrected chi connectivity index (χ1v) is 8.41. The molecule has 25 heavy (non-hydrogen) atoms. The molecule has 2 amide bonds. The van der Waals surface area contributed by atoms with Crippen LogP contribution in [0.2, 0.25) is 0 Å². The molecule has 1 aliphatic heterocycles. The minimum Gasteiger partial charge on any atom is -0.491 e. The van der Waals surface area contributed by atoms with Gasteiger partial charge in [0.1, 0.15) is 12.4 Å². The van der Waals surface area contributed by atoms with E-state index in [-0.39, 0.29) is 11.8 Å². The Bertz CT molecular complexity index is 784. The lowest BCUT2D eigenvalue weighted by Gasteiger charge is -2.19. The van der Waals surface area contributed by atoms with Crippen LogP contribution in [0.4, 0.5) is 0 Å². The van der Waals surface area contributed by atoms with E-state index >= 15 is 0 Å². The van der Waals surface area contributed by atoms with Gasteiger partial charge in [0.25, 0.3) is 5.91 Å². The highest BCUT2D eigenvalue weighted by atomic mass is 16.5. The normalized spacial score (nSPS) is 13.7. The SMILES string of the molecule is CCn1cc(C(=O)N2CCOc3ccc(CCC(N)=O)cc3C2)cn1. The number of carbonyl (C=O) groups excluding carboxylic acids is 2. The molecule has 132 valence electrons. The highest BCUT2D eigenvalue weighted by molar-refractivity contribution is 5.93. The fraction of sp³-hybridized carbons (Fsp3) is 0.389. The molecule has 0 fully saturated rings. The number of benzene rings is 1. The molecule has 0 unspecified atom stereocenters. The molecule has 0 atom stereocenters. The second-order valence-corrected chi connectivity index (χ2v) is 6.07. The van der Waals surface area contributed by atoms with E-state index in [0.29, 0.717) is 38.1 Å². The number of fused-ring (bicyclic) bond motifs is 1. The number of nitrogens with two attached hydrogens (primary N) is 1. The predicted octanol–water partition coefficient (Wildman–Crippen LogP) is 1.36. The average Bonchev–Trinajstić information content (AvgIpc) is 2.99. The Morgan fingerprint density at radius 3 is 2.92 bits per heavy atom. The number of ether oxygens (including phenoxy) is 1. The summed E-state index contributed by atoms with van der Waals surface area (Å²) in [5.74, 6) is 0.400. The van der Waals surface area contributed by atoms with Crippen LogP contribution in [0.25, 0.3) is 0 Å². The largest absolute Gasteiger partial charge is 0.491 e. The zero-order chi connectivity index (χ0) is 17.8. The van der Waals surface area contributed by atoms with Crippen LogP contribution in [0.5, 0.6) is 5.75 Å². The Kier molecular flexibility index (Phi) is 5.02. The molecule has 0 saturated carbocycles. The number of primary amides is 1. The number of hydrogen-bond donors (Lipinski definition) is 1. The molecule has 1 aromatic heterocycles. The summed E-state index contributed by atoms with van der Waals surface area (Å²) in [6.45, 7) is 4.13. The number of amides is 2. The maximum atomic E-state index is 12.7. The van der Waals surface area contributed by atoms with Crippen molar-refractivity contribution in [2.75, 3.05) is 13.2 Å². The van der Waals surface area contributed by atoms with Crippen molar-refractivity contribution in [1.29, 1.82) is 0 Å². The minimum atomic E-state index is -0.323. The maximum absolute atomic E-state index is 12.7. The van der Waals surface area contributed by atoms with E-state index in [0.717, 1.165) is 23.4 Å². The van der Waals surface area contributed by atoms with Crippen LogP contribution in [0.1, 0.15) is 34.8 Å². The molecule has 2 aromatic rings. The van der Waals surface area contributed by atoms with Crippen molar-refractivity contribution in [1.82, 2.24) is 14.7 Å². The molecule has 0 radical (unpaired) electrons. The standard InChI is InChI=1S/C18H22N4O3/c1-2-22-12-15(10-20-22)18(24)21-7-8-25-16-5-3-13(4-6-17(19)23)9-14(16)11-21/h3,5,9-10,12H,2,4,6-8,11H2,1H3,(H2,19,23). The van der Waals surface area contributed by atoms with Gasteiger partial charge >= 0.3 is 0 Å². The molecule has 2 heterocycles. The molecule has 0 bridgehead atoms. The van der Waals surface area contributed by atoms with Gasteiger partial charge in [0, 0.05) is 31.3 Å². The molecule has 0 aliphatic carbocycles. The van der Waals surface area contributed by atoms with Gasteiger partial charge in [-0.3, -0.25) is 14.3 Å². The third-order valence-electron chi connectivity index (χ3n) is 4.26. The number of carbonyl (C=O) groups is 2. The van der Waals surface area contributed by atoms with Crippen LogP contribution in [-0.4, -0.2) is 39.6 Å². The lowest BCUT2D eigenvalue weighted by Crippen LogP contribution is -2.32. The molecule has 7 nitrogen and oxygen atoms in total. The first-order chi connectivity index (χ1) is 12.1. The van der Waals surface area contributed by atoms with Crippen molar-refractivity contribution in [2.45, 2.75) is 32.9 Å². The second kappa shape index (κ2) is 7.38. The van der Waals surface area contributed by atoms with E-state index in [9.17, 15) is 9.59 Å². The molecule has 1 aromatic carbocycles. The lowest BCUT2D eigenvalue weighted by molar-refractivity contribution is -0.117. The summed E-state index contributed by atoms with van der Waals surface area (Å²) in [4.78, 5) is 25.5. The number of hydrogen-bond acceptors (Lipinski definition) is 4. The van der Waals surface area contributed by atoms with E-state index in [1.165, 1.54) is 0 Å². The van der Waals surface area contributed by atoms with Gasteiger partial charge in [0.2, 0.25) is 5.91 Å². The molecule has 2 N–H and O–H groups in total. The Morgan fingerprint density at radius 2 is 2.20 bits per heavy atom. The highest BCUT2D eigenvalue weighted by Crippen LogP contribution is 2.25. The van der Waals surface area contributed by atoms with Gasteiger partial charge in [-0.15, -0.1) is 0 Å². The quantitative estimate of drug-likeness (QED) is 0.888. The summed E-state index contributed by atoms with van der Waals surface area (Å²) in [5.41, 5.74) is 7.75. The molecular weight excluding hydrogens is 320 g/mol. The summed E-state index contributed by atoms with van der Waals surface area (Å²) in [7, 11) is 0. The third kappa shape index (κ3) is 3.99. The molecular formula is C18H22N4O3. The molecule has 0 spiro atoms. The maximum Gasteiger partial charge on any atom is 0.257 e. The molecule has 3 rings (SSSR count). The van der Waals surface area contributed by atoms with E-state index in [1.807, 2.05) is 25.1 Å². The van der Waals surface area contributed by atoms with Crippen molar-refractivity contribution in [3.63, 3.8) is 0 Å². The number of nitrogens with zero attached hydrogens (tertiary/aromatic N) is 3. The van der Waals surface area contributed by atoms with Crippen molar-refractivity contribution in [3.8, 4) is 5.75 Å². The van der Waals surface area contributed by atoms with Crippen LogP contribution in [0.15, 0.2) is 30.6 Å². The van der Waals surface area contributed by atoms with Gasteiger partial charge in [-0.25, -0.2) is 0 Å². The topological polar surface area (TPSA) is 90.5 Å². The average molecular weight is 342 g/mol. The van der Waals surface area contributed by atoms with E-state index in [1.54, 1.807) is 22.0 Å². The Morgan fingerprint density at radius 1 is 1.36 bits per heavy atom. The van der Waals surface area contributed by atoms with Gasteiger partial charge in [-0.1, -0.05) is 12.1 Å². The van der Waals surface area contributed by atoms with Crippen molar-refractivity contribution >= 4 is 11.8 Å². The first kappa shape index (κ1) is 17.0. The fourth-order valence-corrected chi connectivity index (χ4v) is 2.87. The first-order valence-electron chi connectivity index (χ1n) is 8.41. The molecule has 1 aliphatic rings. The van der Waals surface area contributed by atoms with Gasteiger partial charge in [0.05, 0.1) is 18.3 Å². The van der Waals surface area contributed by atoms with Crippen LogP contribution in [0.3, 0.4) is 0 Å². The summed E-state index contributed by atoms with van der Waals surface area (Å²) in [6.07, 6.45) is 4.25. The van der Waals surface area contributed by atoms with E-state index in [2.05, 4.69) is 5.10 Å². The highest BCUT2D eigenvalue weighted by Gasteiger charge is 2.22. The van der Waals surface area contributed by atoms with Crippen molar-refractivity contribution in [2.24, 2.45) is 5.73 Å². The zero-order valence-electron chi connectivity index (χ0n) is 14.3. The van der Waals surface area contributed by atoms with Crippen LogP contribution >= 0.6 is 0 Å². The summed E-state index contributed by atoms with van der Waals surface area (Å²) in [6, 6.07) is 5.82. The second-order valence-electron chi connectivity index (χ2n) is 6.07. The van der Waals surface area contributed by atoms with Gasteiger partial charge in [-0.05, 0) is 25.0 Å². The Labute approximate surface area is 146 Å². The molecule has 7 heteroatoms. The summed E-state index contributed by atoms with van der Waals surface area (Å²) >= 11 is 0.